The molecule has 0 amide bonds. The second-order valence-corrected chi connectivity index (χ2v) is 4.21. The molecule has 0 radical (unpaired) electrons. The predicted octanol–water partition coefficient (Wildman–Crippen LogP) is -0.842. The third-order valence-electron chi connectivity index (χ3n) is 2.58. The Kier molecular flexibility index (Phi) is 6.10. The van der Waals surface area contributed by atoms with Crippen LogP contribution in [0.4, 0.5) is 0 Å². The fraction of sp³-hybridized carbons (Fsp3) is 0.385. The average Bonchev–Trinajstić information content (AvgIpc) is 2.43. The van der Waals surface area contributed by atoms with Gasteiger partial charge < -0.3 is 25.8 Å². The highest BCUT2D eigenvalue weighted by molar-refractivity contribution is 5.91. The lowest BCUT2D eigenvalue weighted by atomic mass is 10.0. The number of aliphatic carboxylic acids is 1. The van der Waals surface area contributed by atoms with Gasteiger partial charge in [-0.25, -0.2) is 0 Å². The van der Waals surface area contributed by atoms with Crippen molar-refractivity contribution in [3.63, 3.8) is 0 Å². The number of benzene rings is 1. The van der Waals surface area contributed by atoms with E-state index >= 15 is 0 Å². The SMILES string of the molecule is N[C@@H](CC(=O)O)C(=O)C(Oc1ccccc1)C(O)CO. The minimum atomic E-state index is -1.48. The van der Waals surface area contributed by atoms with E-state index < -0.39 is 43.0 Å². The number of carboxylic acids is 1. The minimum Gasteiger partial charge on any atom is -0.481 e. The van der Waals surface area contributed by atoms with Gasteiger partial charge in [-0.2, -0.15) is 0 Å². The Labute approximate surface area is 115 Å². The molecule has 3 atom stereocenters. The average molecular weight is 283 g/mol. The number of hydrogen-bond donors (Lipinski definition) is 4. The van der Waals surface area contributed by atoms with E-state index in [1.165, 1.54) is 0 Å². The Morgan fingerprint density at radius 2 is 1.85 bits per heavy atom. The van der Waals surface area contributed by atoms with Crippen LogP contribution in [0, 0.1) is 0 Å². The molecule has 7 nitrogen and oxygen atoms in total. The number of carbonyl (C=O) groups excluding carboxylic acids is 1. The van der Waals surface area contributed by atoms with Crippen LogP contribution in [-0.2, 0) is 9.59 Å². The maximum absolute atomic E-state index is 12.0. The molecule has 0 saturated heterocycles. The summed E-state index contributed by atoms with van der Waals surface area (Å²) >= 11 is 0. The minimum absolute atomic E-state index is 0.306. The molecule has 7 heteroatoms. The topological polar surface area (TPSA) is 130 Å². The van der Waals surface area contributed by atoms with Gasteiger partial charge in [0.25, 0.3) is 0 Å². The number of rotatable bonds is 8. The van der Waals surface area contributed by atoms with Gasteiger partial charge in [-0.05, 0) is 12.1 Å². The smallest absolute Gasteiger partial charge is 0.305 e. The highest BCUT2D eigenvalue weighted by atomic mass is 16.5. The van der Waals surface area contributed by atoms with E-state index in [4.69, 9.17) is 20.7 Å². The third-order valence-corrected chi connectivity index (χ3v) is 2.58. The van der Waals surface area contributed by atoms with Crippen LogP contribution in [0.5, 0.6) is 5.75 Å². The fourth-order valence-electron chi connectivity index (χ4n) is 1.57. The number of aliphatic hydroxyl groups excluding tert-OH is 2. The first kappa shape index (κ1) is 16.1. The van der Waals surface area contributed by atoms with Crippen LogP contribution in [0.25, 0.3) is 0 Å². The van der Waals surface area contributed by atoms with Crippen LogP contribution in [0.1, 0.15) is 6.42 Å². The van der Waals surface area contributed by atoms with Gasteiger partial charge in [0.15, 0.2) is 11.9 Å². The van der Waals surface area contributed by atoms with E-state index in [0.29, 0.717) is 5.75 Å². The summed E-state index contributed by atoms with van der Waals surface area (Å²) in [5.41, 5.74) is 5.46. The molecule has 5 N–H and O–H groups in total. The van der Waals surface area contributed by atoms with Crippen LogP contribution < -0.4 is 10.5 Å². The summed E-state index contributed by atoms with van der Waals surface area (Å²) in [7, 11) is 0. The number of aliphatic hydroxyl groups is 2. The highest BCUT2D eigenvalue weighted by Gasteiger charge is 2.33. The van der Waals surface area contributed by atoms with Crippen molar-refractivity contribution < 1.29 is 29.6 Å². The lowest BCUT2D eigenvalue weighted by Crippen LogP contribution is -2.49. The standard InChI is InChI=1S/C13H17NO6/c14-9(6-11(17)18)12(19)13(10(16)7-15)20-8-4-2-1-3-5-8/h1-5,9-10,13,15-16H,6-7,14H2,(H,17,18)/t9-,10?,13?/m0/s1. The molecule has 0 heterocycles. The van der Waals surface area contributed by atoms with Crippen LogP contribution in [0.2, 0.25) is 0 Å². The molecule has 1 rings (SSSR count). The zero-order valence-electron chi connectivity index (χ0n) is 10.7. The Bertz CT molecular complexity index is 449. The fourth-order valence-corrected chi connectivity index (χ4v) is 1.57. The van der Waals surface area contributed by atoms with Crippen molar-refractivity contribution in [2.75, 3.05) is 6.61 Å². The predicted molar refractivity (Wildman–Crippen MR) is 69.2 cm³/mol. The van der Waals surface area contributed by atoms with E-state index in [-0.39, 0.29) is 0 Å². The van der Waals surface area contributed by atoms with E-state index in [1.807, 2.05) is 0 Å². The van der Waals surface area contributed by atoms with Gasteiger partial charge in [0, 0.05) is 0 Å². The Morgan fingerprint density at radius 3 is 2.35 bits per heavy atom. The van der Waals surface area contributed by atoms with Crippen LogP contribution in [0.15, 0.2) is 30.3 Å². The van der Waals surface area contributed by atoms with Gasteiger partial charge >= 0.3 is 5.97 Å². The first-order valence-corrected chi connectivity index (χ1v) is 5.97. The summed E-state index contributed by atoms with van der Waals surface area (Å²) in [5.74, 6) is -1.71. The molecule has 110 valence electrons. The molecule has 0 aliphatic carbocycles. The van der Waals surface area contributed by atoms with E-state index in [0.717, 1.165) is 0 Å². The molecule has 0 aliphatic rings. The van der Waals surface area contributed by atoms with Crippen molar-refractivity contribution in [1.29, 1.82) is 0 Å². The number of Topliss-reactive ketones (excluding diaryl/α,β-unsaturated/α-hetero) is 1. The van der Waals surface area contributed by atoms with Gasteiger partial charge in [-0.15, -0.1) is 0 Å². The van der Waals surface area contributed by atoms with Crippen molar-refractivity contribution in [3.8, 4) is 5.75 Å². The van der Waals surface area contributed by atoms with Crippen LogP contribution >= 0.6 is 0 Å². The number of carboxylic acid groups (broad SMARTS) is 1. The van der Waals surface area contributed by atoms with Crippen LogP contribution in [0.3, 0.4) is 0 Å². The van der Waals surface area contributed by atoms with Gasteiger partial charge in [0.05, 0.1) is 19.1 Å². The maximum atomic E-state index is 12.0. The number of hydrogen-bond acceptors (Lipinski definition) is 6. The van der Waals surface area contributed by atoms with E-state index in [2.05, 4.69) is 0 Å². The van der Waals surface area contributed by atoms with Crippen molar-refractivity contribution in [2.24, 2.45) is 5.73 Å². The quantitative estimate of drug-likeness (QED) is 0.489. The Balaban J connectivity index is 2.83. The molecule has 1 aromatic rings. The number of carbonyl (C=O) groups is 2. The van der Waals surface area contributed by atoms with Gasteiger partial charge in [-0.1, -0.05) is 18.2 Å². The number of ketones is 1. The molecule has 20 heavy (non-hydrogen) atoms. The van der Waals surface area contributed by atoms with Gasteiger partial charge in [0.2, 0.25) is 0 Å². The molecule has 0 saturated carbocycles. The largest absolute Gasteiger partial charge is 0.481 e. The summed E-state index contributed by atoms with van der Waals surface area (Å²) in [6.07, 6.45) is -3.48. The molecule has 0 aromatic heterocycles. The number of ether oxygens (including phenoxy) is 1. The second-order valence-electron chi connectivity index (χ2n) is 4.21. The van der Waals surface area contributed by atoms with Crippen molar-refractivity contribution in [3.05, 3.63) is 30.3 Å². The van der Waals surface area contributed by atoms with E-state index in [9.17, 15) is 14.7 Å². The summed E-state index contributed by atoms with van der Waals surface area (Å²) in [6.45, 7) is -0.705. The van der Waals surface area contributed by atoms with Gasteiger partial charge in [0.1, 0.15) is 11.9 Å². The van der Waals surface area contributed by atoms with Gasteiger partial charge in [-0.3, -0.25) is 9.59 Å². The van der Waals surface area contributed by atoms with Crippen molar-refractivity contribution >= 4 is 11.8 Å². The molecule has 0 fully saturated rings. The first-order valence-electron chi connectivity index (χ1n) is 5.97. The third kappa shape index (κ3) is 4.61. The molecular formula is C13H17NO6. The molecule has 1 aromatic carbocycles. The van der Waals surface area contributed by atoms with Crippen molar-refractivity contribution in [1.82, 2.24) is 0 Å². The Hall–Kier alpha value is -1.96. The zero-order valence-corrected chi connectivity index (χ0v) is 10.7. The summed E-state index contributed by atoms with van der Waals surface area (Å²) in [4.78, 5) is 22.5. The zero-order chi connectivity index (χ0) is 15.1. The number of para-hydroxylation sites is 1. The first-order chi connectivity index (χ1) is 9.45. The molecule has 2 unspecified atom stereocenters. The van der Waals surface area contributed by atoms with Crippen LogP contribution in [-0.4, -0.2) is 51.9 Å². The monoisotopic (exact) mass is 283 g/mol. The summed E-state index contributed by atoms with van der Waals surface area (Å²) in [5, 5.41) is 27.2. The molecule has 0 aliphatic heterocycles. The molecular weight excluding hydrogens is 266 g/mol. The Morgan fingerprint density at radius 1 is 1.25 bits per heavy atom. The summed E-state index contributed by atoms with van der Waals surface area (Å²) < 4.78 is 5.30. The molecule has 0 bridgehead atoms. The normalized spacial score (nSPS) is 15.2. The van der Waals surface area contributed by atoms with E-state index in [1.54, 1.807) is 30.3 Å². The lowest BCUT2D eigenvalue weighted by Gasteiger charge is -2.23. The second kappa shape index (κ2) is 7.59. The number of nitrogens with two attached hydrogens (primary N) is 1. The highest BCUT2D eigenvalue weighted by Crippen LogP contribution is 2.14. The van der Waals surface area contributed by atoms with Crippen molar-refractivity contribution in [2.45, 2.75) is 24.7 Å². The summed E-state index contributed by atoms with van der Waals surface area (Å²) in [6, 6.07) is 6.88. The maximum Gasteiger partial charge on any atom is 0.305 e. The molecule has 0 spiro atoms. The lowest BCUT2D eigenvalue weighted by molar-refractivity contribution is -0.142.